The van der Waals surface area contributed by atoms with Crippen molar-refractivity contribution in [1.29, 1.82) is 0 Å². The van der Waals surface area contributed by atoms with Crippen molar-refractivity contribution in [3.8, 4) is 0 Å². The Balaban J connectivity index is 2.00. The molecule has 2 aromatic rings. The minimum atomic E-state index is -0.899. The van der Waals surface area contributed by atoms with E-state index in [9.17, 15) is 5.11 Å². The van der Waals surface area contributed by atoms with Crippen molar-refractivity contribution >= 4 is 11.6 Å². The van der Waals surface area contributed by atoms with Gasteiger partial charge in [0.05, 0.1) is 28.3 Å². The summed E-state index contributed by atoms with van der Waals surface area (Å²) in [5.41, 5.74) is 1.73. The number of hydrogen-bond donors (Lipinski definition) is 1. The molecule has 5 heteroatoms. The van der Waals surface area contributed by atoms with Crippen molar-refractivity contribution in [3.63, 3.8) is 0 Å². The molecular weight excluding hydrogens is 276 g/mol. The lowest BCUT2D eigenvalue weighted by atomic mass is 9.80. The Morgan fingerprint density at radius 1 is 1.55 bits per heavy atom. The second kappa shape index (κ2) is 4.93. The summed E-state index contributed by atoms with van der Waals surface area (Å²) < 4.78 is 7.34. The van der Waals surface area contributed by atoms with E-state index < -0.39 is 5.60 Å². The summed E-state index contributed by atoms with van der Waals surface area (Å²) in [6.07, 6.45) is 4.68. The number of aliphatic hydroxyl groups is 1. The number of furan rings is 1. The maximum absolute atomic E-state index is 11.1. The van der Waals surface area contributed by atoms with E-state index in [1.165, 1.54) is 0 Å². The molecule has 1 atom stereocenters. The van der Waals surface area contributed by atoms with Crippen molar-refractivity contribution < 1.29 is 9.52 Å². The van der Waals surface area contributed by atoms with Crippen molar-refractivity contribution in [1.82, 2.24) is 9.78 Å². The number of rotatable bonds is 3. The van der Waals surface area contributed by atoms with Gasteiger partial charge in [0.1, 0.15) is 5.76 Å². The first-order chi connectivity index (χ1) is 9.55. The molecule has 1 aliphatic carbocycles. The lowest BCUT2D eigenvalue weighted by Gasteiger charge is -2.32. The summed E-state index contributed by atoms with van der Waals surface area (Å²) in [5, 5.41) is 16.1. The van der Waals surface area contributed by atoms with Gasteiger partial charge >= 0.3 is 0 Å². The molecule has 0 spiro atoms. The average molecular weight is 295 g/mol. The third-order valence-electron chi connectivity index (χ3n) is 4.15. The van der Waals surface area contributed by atoms with Crippen LogP contribution in [0, 0.1) is 6.92 Å². The van der Waals surface area contributed by atoms with E-state index in [1.807, 2.05) is 24.6 Å². The third-order valence-corrected chi connectivity index (χ3v) is 4.65. The summed E-state index contributed by atoms with van der Waals surface area (Å²) in [4.78, 5) is 0. The van der Waals surface area contributed by atoms with Gasteiger partial charge < -0.3 is 9.52 Å². The first-order valence-electron chi connectivity index (χ1n) is 7.06. The number of nitrogens with zero attached hydrogens (tertiary/aromatic N) is 2. The van der Waals surface area contributed by atoms with Gasteiger partial charge in [-0.25, -0.2) is 0 Å². The zero-order chi connectivity index (χ0) is 14.3. The second-order valence-electron chi connectivity index (χ2n) is 5.48. The normalized spacial score (nSPS) is 22.0. The topological polar surface area (TPSA) is 51.2 Å². The molecule has 0 aromatic carbocycles. The zero-order valence-corrected chi connectivity index (χ0v) is 12.6. The maximum atomic E-state index is 11.1. The fourth-order valence-corrected chi connectivity index (χ4v) is 3.33. The molecule has 2 heterocycles. The molecule has 0 fully saturated rings. The predicted octanol–water partition coefficient (Wildman–Crippen LogP) is 3.22. The molecular formula is C15H19ClN2O2. The summed E-state index contributed by atoms with van der Waals surface area (Å²) in [6, 6.07) is 1.88. The van der Waals surface area contributed by atoms with Crippen LogP contribution >= 0.6 is 11.6 Å². The van der Waals surface area contributed by atoms with E-state index in [0.717, 1.165) is 48.5 Å². The quantitative estimate of drug-likeness (QED) is 0.945. The molecule has 0 radical (unpaired) electrons. The van der Waals surface area contributed by atoms with Crippen molar-refractivity contribution in [3.05, 3.63) is 40.1 Å². The van der Waals surface area contributed by atoms with Crippen LogP contribution in [0.25, 0.3) is 0 Å². The summed E-state index contributed by atoms with van der Waals surface area (Å²) in [5.74, 6) is 0.897. The molecule has 20 heavy (non-hydrogen) atoms. The highest BCUT2D eigenvalue weighted by atomic mass is 35.5. The Hall–Kier alpha value is -1.26. The van der Waals surface area contributed by atoms with E-state index in [1.54, 1.807) is 6.26 Å². The van der Waals surface area contributed by atoms with Gasteiger partial charge in [0.2, 0.25) is 0 Å². The first kappa shape index (κ1) is 13.7. The highest BCUT2D eigenvalue weighted by Gasteiger charge is 2.38. The summed E-state index contributed by atoms with van der Waals surface area (Å²) in [7, 11) is 0. The monoisotopic (exact) mass is 294 g/mol. The average Bonchev–Trinajstić information content (AvgIpc) is 3.00. The van der Waals surface area contributed by atoms with Crippen molar-refractivity contribution in [2.45, 2.75) is 51.7 Å². The molecule has 0 saturated heterocycles. The molecule has 0 aliphatic heterocycles. The Bertz CT molecular complexity index is 632. The summed E-state index contributed by atoms with van der Waals surface area (Å²) in [6.45, 7) is 4.67. The van der Waals surface area contributed by atoms with Crippen LogP contribution in [0.15, 0.2) is 16.7 Å². The van der Waals surface area contributed by atoms with Gasteiger partial charge in [0.25, 0.3) is 0 Å². The zero-order valence-electron chi connectivity index (χ0n) is 11.8. The van der Waals surface area contributed by atoms with E-state index in [2.05, 4.69) is 5.10 Å². The van der Waals surface area contributed by atoms with Crippen molar-refractivity contribution in [2.75, 3.05) is 0 Å². The van der Waals surface area contributed by atoms with Crippen LogP contribution in [-0.4, -0.2) is 14.9 Å². The number of aromatic nitrogens is 2. The Labute approximate surface area is 123 Å². The molecule has 4 nitrogen and oxygen atoms in total. The Morgan fingerprint density at radius 2 is 2.35 bits per heavy atom. The van der Waals surface area contributed by atoms with Crippen LogP contribution in [0.5, 0.6) is 0 Å². The first-order valence-corrected chi connectivity index (χ1v) is 7.44. The fourth-order valence-electron chi connectivity index (χ4n) is 3.12. The minimum absolute atomic E-state index is 0.479. The van der Waals surface area contributed by atoms with Gasteiger partial charge in [-0.05, 0) is 32.8 Å². The van der Waals surface area contributed by atoms with Gasteiger partial charge in [0, 0.05) is 24.9 Å². The van der Waals surface area contributed by atoms with Gasteiger partial charge in [-0.3, -0.25) is 4.68 Å². The molecule has 0 bridgehead atoms. The highest BCUT2D eigenvalue weighted by Crippen LogP contribution is 2.39. The predicted molar refractivity (Wildman–Crippen MR) is 76.9 cm³/mol. The molecule has 0 saturated carbocycles. The smallest absolute Gasteiger partial charge is 0.109 e. The van der Waals surface area contributed by atoms with Crippen LogP contribution in [0.4, 0.5) is 0 Å². The molecule has 1 aliphatic rings. The van der Waals surface area contributed by atoms with Crippen LogP contribution in [-0.2, 0) is 25.0 Å². The molecule has 2 aromatic heterocycles. The number of aryl methyl sites for hydroxylation is 3. The Kier molecular flexibility index (Phi) is 3.38. The van der Waals surface area contributed by atoms with Crippen LogP contribution in [0.2, 0.25) is 5.02 Å². The lowest BCUT2D eigenvalue weighted by Crippen LogP contribution is -2.33. The second-order valence-corrected chi connectivity index (χ2v) is 5.86. The largest absolute Gasteiger partial charge is 0.469 e. The van der Waals surface area contributed by atoms with Crippen molar-refractivity contribution in [2.24, 2.45) is 0 Å². The van der Waals surface area contributed by atoms with Crippen LogP contribution in [0.3, 0.4) is 0 Å². The third kappa shape index (κ3) is 2.07. The standard InChI is InChI=1S/C15H19ClN2O2/c1-3-18-12(14(16)10(2)17-18)9-15(19)7-4-5-13-11(15)6-8-20-13/h6,8,19H,3-5,7,9H2,1-2H3. The summed E-state index contributed by atoms with van der Waals surface area (Å²) >= 11 is 6.36. The number of halogens is 1. The van der Waals surface area contributed by atoms with E-state index in [0.29, 0.717) is 11.4 Å². The number of hydrogen-bond acceptors (Lipinski definition) is 3. The van der Waals surface area contributed by atoms with Gasteiger partial charge in [-0.1, -0.05) is 11.6 Å². The fraction of sp³-hybridized carbons (Fsp3) is 0.533. The molecule has 1 unspecified atom stereocenters. The van der Waals surface area contributed by atoms with Gasteiger partial charge in [0.15, 0.2) is 0 Å². The molecule has 0 amide bonds. The van der Waals surface area contributed by atoms with Gasteiger partial charge in [-0.2, -0.15) is 5.10 Å². The van der Waals surface area contributed by atoms with Crippen LogP contribution < -0.4 is 0 Å². The minimum Gasteiger partial charge on any atom is -0.469 e. The van der Waals surface area contributed by atoms with Gasteiger partial charge in [-0.15, -0.1) is 0 Å². The highest BCUT2D eigenvalue weighted by molar-refractivity contribution is 6.31. The van der Waals surface area contributed by atoms with E-state index >= 15 is 0 Å². The van der Waals surface area contributed by atoms with Crippen LogP contribution in [0.1, 0.15) is 42.5 Å². The van der Waals surface area contributed by atoms with E-state index in [4.69, 9.17) is 16.0 Å². The molecule has 3 rings (SSSR count). The SMILES string of the molecule is CCn1nc(C)c(Cl)c1CC1(O)CCCc2occc21. The lowest BCUT2D eigenvalue weighted by molar-refractivity contribution is 0.0150. The Morgan fingerprint density at radius 3 is 3.10 bits per heavy atom. The molecule has 1 N–H and O–H groups in total. The van der Waals surface area contributed by atoms with E-state index in [-0.39, 0.29) is 0 Å². The molecule has 108 valence electrons. The maximum Gasteiger partial charge on any atom is 0.109 e. The number of fused-ring (bicyclic) bond motifs is 1.